The first kappa shape index (κ1) is 21.5. The summed E-state index contributed by atoms with van der Waals surface area (Å²) in [5.74, 6) is 0.991. The SMILES string of the molecule is CN1CCc2ccc(OCCCN(CCc3cccnc3)Cc3ccncc3)cc2C1. The Morgan fingerprint density at radius 3 is 2.71 bits per heavy atom. The zero-order chi connectivity index (χ0) is 21.3. The number of hydrogen-bond acceptors (Lipinski definition) is 5. The highest BCUT2D eigenvalue weighted by atomic mass is 16.5. The molecule has 0 fully saturated rings. The van der Waals surface area contributed by atoms with Gasteiger partial charge < -0.3 is 9.64 Å². The van der Waals surface area contributed by atoms with Gasteiger partial charge in [0, 0.05) is 57.5 Å². The zero-order valence-electron chi connectivity index (χ0n) is 18.4. The van der Waals surface area contributed by atoms with E-state index in [0.29, 0.717) is 0 Å². The molecule has 0 N–H and O–H groups in total. The zero-order valence-corrected chi connectivity index (χ0v) is 18.4. The van der Waals surface area contributed by atoms with Crippen molar-refractivity contribution in [1.82, 2.24) is 19.8 Å². The Bertz CT molecular complexity index is 933. The molecule has 0 saturated heterocycles. The van der Waals surface area contributed by atoms with E-state index in [2.05, 4.69) is 63.2 Å². The Morgan fingerprint density at radius 2 is 1.87 bits per heavy atom. The van der Waals surface area contributed by atoms with Gasteiger partial charge in [0.25, 0.3) is 0 Å². The smallest absolute Gasteiger partial charge is 0.119 e. The molecule has 0 aliphatic carbocycles. The molecule has 3 aromatic rings. The molecule has 5 nitrogen and oxygen atoms in total. The molecule has 0 radical (unpaired) electrons. The monoisotopic (exact) mass is 416 g/mol. The average molecular weight is 417 g/mol. The molecule has 0 bridgehead atoms. The number of pyridine rings is 2. The van der Waals surface area contributed by atoms with Crippen molar-refractivity contribution >= 4 is 0 Å². The molecule has 0 unspecified atom stereocenters. The van der Waals surface area contributed by atoms with Crippen molar-refractivity contribution in [3.05, 3.63) is 89.5 Å². The van der Waals surface area contributed by atoms with Crippen LogP contribution >= 0.6 is 0 Å². The lowest BCUT2D eigenvalue weighted by Gasteiger charge is -2.25. The van der Waals surface area contributed by atoms with E-state index in [4.69, 9.17) is 4.74 Å². The van der Waals surface area contributed by atoms with Gasteiger partial charge in [-0.15, -0.1) is 0 Å². The normalized spacial score (nSPS) is 13.9. The van der Waals surface area contributed by atoms with Gasteiger partial charge in [-0.1, -0.05) is 12.1 Å². The molecule has 162 valence electrons. The standard InChI is InChI=1S/C26H32N4O/c1-29-15-10-24-5-6-26(18-25(24)21-29)31-17-3-14-30(20-23-7-12-27-13-8-23)16-9-22-4-2-11-28-19-22/h2,4-8,11-13,18-19H,3,9-10,14-17,20-21H2,1H3. The number of fused-ring (bicyclic) bond motifs is 1. The minimum absolute atomic E-state index is 0.731. The van der Waals surface area contributed by atoms with Crippen molar-refractivity contribution in [2.24, 2.45) is 0 Å². The van der Waals surface area contributed by atoms with Crippen LogP contribution in [0.5, 0.6) is 5.75 Å². The van der Waals surface area contributed by atoms with Gasteiger partial charge in [-0.25, -0.2) is 0 Å². The molecular weight excluding hydrogens is 384 g/mol. The van der Waals surface area contributed by atoms with E-state index in [9.17, 15) is 0 Å². The predicted molar refractivity (Wildman–Crippen MR) is 124 cm³/mol. The molecular formula is C26H32N4O. The number of aromatic nitrogens is 2. The maximum absolute atomic E-state index is 6.11. The molecule has 1 aromatic carbocycles. The molecule has 4 rings (SSSR count). The van der Waals surface area contributed by atoms with E-state index in [-0.39, 0.29) is 0 Å². The van der Waals surface area contributed by atoms with Crippen LogP contribution in [-0.2, 0) is 25.9 Å². The van der Waals surface area contributed by atoms with Crippen LogP contribution in [0.15, 0.2) is 67.3 Å². The second-order valence-corrected chi connectivity index (χ2v) is 8.36. The van der Waals surface area contributed by atoms with Crippen molar-refractivity contribution in [2.75, 3.05) is 33.3 Å². The van der Waals surface area contributed by atoms with Gasteiger partial charge >= 0.3 is 0 Å². The summed E-state index contributed by atoms with van der Waals surface area (Å²) in [5.41, 5.74) is 5.44. The molecule has 3 heterocycles. The number of benzene rings is 1. The maximum Gasteiger partial charge on any atom is 0.119 e. The van der Waals surface area contributed by atoms with Gasteiger partial charge in [0.15, 0.2) is 0 Å². The van der Waals surface area contributed by atoms with Crippen LogP contribution in [-0.4, -0.2) is 53.1 Å². The van der Waals surface area contributed by atoms with Gasteiger partial charge in [0.2, 0.25) is 0 Å². The minimum atomic E-state index is 0.731. The summed E-state index contributed by atoms with van der Waals surface area (Å²) in [4.78, 5) is 13.2. The lowest BCUT2D eigenvalue weighted by molar-refractivity contribution is 0.229. The van der Waals surface area contributed by atoms with Crippen molar-refractivity contribution in [3.8, 4) is 5.75 Å². The van der Waals surface area contributed by atoms with Gasteiger partial charge in [0.05, 0.1) is 6.61 Å². The number of ether oxygens (including phenoxy) is 1. The van der Waals surface area contributed by atoms with E-state index in [1.165, 1.54) is 22.3 Å². The van der Waals surface area contributed by atoms with Gasteiger partial charge in [-0.05, 0) is 78.9 Å². The van der Waals surface area contributed by atoms with E-state index < -0.39 is 0 Å². The van der Waals surface area contributed by atoms with Gasteiger partial charge in [-0.2, -0.15) is 0 Å². The van der Waals surface area contributed by atoms with Gasteiger partial charge in [0.1, 0.15) is 5.75 Å². The summed E-state index contributed by atoms with van der Waals surface area (Å²) < 4.78 is 6.11. The van der Waals surface area contributed by atoms with Crippen LogP contribution in [0.25, 0.3) is 0 Å². The lowest BCUT2D eigenvalue weighted by Crippen LogP contribution is -2.28. The van der Waals surface area contributed by atoms with Crippen LogP contribution in [0, 0.1) is 0 Å². The van der Waals surface area contributed by atoms with Crippen LogP contribution < -0.4 is 4.74 Å². The van der Waals surface area contributed by atoms with E-state index in [1.807, 2.05) is 30.9 Å². The number of hydrogen-bond donors (Lipinski definition) is 0. The molecule has 0 saturated carbocycles. The van der Waals surface area contributed by atoms with Crippen LogP contribution in [0.3, 0.4) is 0 Å². The summed E-state index contributed by atoms with van der Waals surface area (Å²) in [6.45, 7) is 5.80. The average Bonchev–Trinajstić information content (AvgIpc) is 2.81. The van der Waals surface area contributed by atoms with Crippen LogP contribution in [0.4, 0.5) is 0 Å². The molecule has 1 aliphatic heterocycles. The molecule has 0 spiro atoms. The Kier molecular flexibility index (Phi) is 7.64. The fraction of sp³-hybridized carbons (Fsp3) is 0.385. The predicted octanol–water partition coefficient (Wildman–Crippen LogP) is 3.98. The summed E-state index contributed by atoms with van der Waals surface area (Å²) in [7, 11) is 2.18. The number of likely N-dealkylation sites (N-methyl/N-ethyl adjacent to an activating group) is 1. The topological polar surface area (TPSA) is 41.5 Å². The van der Waals surface area contributed by atoms with E-state index in [0.717, 1.165) is 64.3 Å². The maximum atomic E-state index is 6.11. The third-order valence-electron chi connectivity index (χ3n) is 5.86. The van der Waals surface area contributed by atoms with Crippen molar-refractivity contribution < 1.29 is 4.74 Å². The Morgan fingerprint density at radius 1 is 0.968 bits per heavy atom. The second-order valence-electron chi connectivity index (χ2n) is 8.36. The van der Waals surface area contributed by atoms with Crippen molar-refractivity contribution in [2.45, 2.75) is 32.4 Å². The first-order chi connectivity index (χ1) is 15.3. The van der Waals surface area contributed by atoms with E-state index >= 15 is 0 Å². The molecule has 31 heavy (non-hydrogen) atoms. The Labute approximate surface area is 185 Å². The van der Waals surface area contributed by atoms with Crippen molar-refractivity contribution in [3.63, 3.8) is 0 Å². The summed E-state index contributed by atoms with van der Waals surface area (Å²) in [5, 5.41) is 0. The summed E-state index contributed by atoms with van der Waals surface area (Å²) in [6, 6.07) is 14.9. The minimum Gasteiger partial charge on any atom is -0.494 e. The quantitative estimate of drug-likeness (QED) is 0.468. The number of rotatable bonds is 10. The highest BCUT2D eigenvalue weighted by molar-refractivity contribution is 5.37. The molecule has 0 amide bonds. The molecule has 1 aliphatic rings. The van der Waals surface area contributed by atoms with Gasteiger partial charge in [-0.3, -0.25) is 14.9 Å². The van der Waals surface area contributed by atoms with Crippen molar-refractivity contribution in [1.29, 1.82) is 0 Å². The Balaban J connectivity index is 1.29. The second kappa shape index (κ2) is 11.0. The first-order valence-corrected chi connectivity index (χ1v) is 11.2. The van der Waals surface area contributed by atoms with Crippen LogP contribution in [0.2, 0.25) is 0 Å². The fourth-order valence-electron chi connectivity index (χ4n) is 4.09. The first-order valence-electron chi connectivity index (χ1n) is 11.2. The Hall–Kier alpha value is -2.76. The third kappa shape index (κ3) is 6.61. The highest BCUT2D eigenvalue weighted by Gasteiger charge is 2.13. The van der Waals surface area contributed by atoms with E-state index in [1.54, 1.807) is 0 Å². The molecule has 5 heteroatoms. The lowest BCUT2D eigenvalue weighted by atomic mass is 10.00. The highest BCUT2D eigenvalue weighted by Crippen LogP contribution is 2.23. The molecule has 0 atom stereocenters. The fourth-order valence-corrected chi connectivity index (χ4v) is 4.09. The largest absolute Gasteiger partial charge is 0.494 e. The summed E-state index contributed by atoms with van der Waals surface area (Å²) in [6.07, 6.45) is 10.6. The van der Waals surface area contributed by atoms with Crippen LogP contribution in [0.1, 0.15) is 28.7 Å². The molecule has 2 aromatic heterocycles. The summed E-state index contributed by atoms with van der Waals surface area (Å²) >= 11 is 0. The number of nitrogens with zero attached hydrogens (tertiary/aromatic N) is 4. The third-order valence-corrected chi connectivity index (χ3v) is 5.86.